The number of aliphatic hydroxyl groups excluding tert-OH is 5. The van der Waals surface area contributed by atoms with Crippen LogP contribution in [-0.2, 0) is 28.9 Å². The molecule has 7 N–H and O–H groups in total. The van der Waals surface area contributed by atoms with Crippen molar-refractivity contribution in [1.82, 2.24) is 5.32 Å². The van der Waals surface area contributed by atoms with E-state index in [9.17, 15) is 38.7 Å². The largest absolute Gasteiger partial charge is 0.397 e. The predicted molar refractivity (Wildman–Crippen MR) is 205 cm³/mol. The van der Waals surface area contributed by atoms with Crippen molar-refractivity contribution in [2.75, 3.05) is 13.2 Å². The Hall–Kier alpha value is -1.72. The first-order chi connectivity index (χ1) is 25.4. The number of rotatable bonds is 32. The zero-order chi connectivity index (χ0) is 39.3. The number of carbonyl (C=O) groups excluding carboxylic acids is 1. The van der Waals surface area contributed by atoms with Gasteiger partial charge in [0.1, 0.15) is 30.5 Å². The molecule has 1 rings (SSSR count). The second-order valence-electron chi connectivity index (χ2n) is 14.0. The van der Waals surface area contributed by atoms with Gasteiger partial charge < -0.3 is 40.3 Å². The van der Waals surface area contributed by atoms with Crippen LogP contribution in [0.2, 0.25) is 0 Å². The summed E-state index contributed by atoms with van der Waals surface area (Å²) in [4.78, 5) is 13.0. The molecule has 0 saturated carbocycles. The molecule has 0 aliphatic carbocycles. The second-order valence-corrected chi connectivity index (χ2v) is 15.0. The van der Waals surface area contributed by atoms with Gasteiger partial charge in [0.05, 0.1) is 25.4 Å². The summed E-state index contributed by atoms with van der Waals surface area (Å²) in [6.07, 6.45) is 21.5. The lowest BCUT2D eigenvalue weighted by atomic mass is 9.99. The zero-order valence-corrected chi connectivity index (χ0v) is 33.0. The number of unbranched alkanes of at least 4 members (excludes halogenated alkanes) is 15. The third kappa shape index (κ3) is 23.7. The summed E-state index contributed by atoms with van der Waals surface area (Å²) in [5, 5.41) is 54.6. The van der Waals surface area contributed by atoms with E-state index >= 15 is 0 Å². The van der Waals surface area contributed by atoms with Gasteiger partial charge in [-0.25, -0.2) is 4.18 Å². The summed E-state index contributed by atoms with van der Waals surface area (Å²) >= 11 is 0. The highest BCUT2D eigenvalue weighted by molar-refractivity contribution is 7.80. The molecule has 0 aromatic carbocycles. The van der Waals surface area contributed by atoms with Crippen LogP contribution < -0.4 is 5.32 Å². The lowest BCUT2D eigenvalue weighted by Crippen LogP contribution is -2.61. The van der Waals surface area contributed by atoms with Gasteiger partial charge in [0.2, 0.25) is 5.91 Å². The zero-order valence-electron chi connectivity index (χ0n) is 32.2. The highest BCUT2D eigenvalue weighted by atomic mass is 32.3. The lowest BCUT2D eigenvalue weighted by molar-refractivity contribution is -0.298. The molecule has 0 aromatic heterocycles. The van der Waals surface area contributed by atoms with Crippen molar-refractivity contribution < 1.29 is 57.0 Å². The van der Waals surface area contributed by atoms with Crippen LogP contribution >= 0.6 is 0 Å². The maximum Gasteiger partial charge on any atom is 0.397 e. The van der Waals surface area contributed by atoms with E-state index in [1.165, 1.54) is 63.9 Å². The second kappa shape index (κ2) is 30.5. The lowest BCUT2D eigenvalue weighted by Gasteiger charge is -2.41. The molecule has 13 nitrogen and oxygen atoms in total. The van der Waals surface area contributed by atoms with Gasteiger partial charge in [-0.2, -0.15) is 8.42 Å². The van der Waals surface area contributed by atoms with Crippen LogP contribution in [0, 0.1) is 0 Å². The van der Waals surface area contributed by atoms with E-state index in [4.69, 9.17) is 14.0 Å². The molecular weight excluding hydrogens is 706 g/mol. The van der Waals surface area contributed by atoms with Gasteiger partial charge in [-0.15, -0.1) is 0 Å². The molecule has 0 bridgehead atoms. The average molecular weight is 778 g/mol. The molecule has 310 valence electrons. The maximum atomic E-state index is 13.0. The van der Waals surface area contributed by atoms with E-state index in [1.54, 1.807) is 6.08 Å². The van der Waals surface area contributed by atoms with E-state index < -0.39 is 78.5 Å². The molecular formula is C39H71NO12S. The molecule has 0 spiro atoms. The SMILES string of the molecule is CCC/C=C/CC/C=C/C(O)C(COC1OC(CO)C(O)C(OS(=O)(=O)O)C1O)NC(=O)C(O)CCCCCC/C=C\CCCCCCCCCCC. The molecule has 8 unspecified atom stereocenters. The minimum atomic E-state index is -5.11. The van der Waals surface area contributed by atoms with Gasteiger partial charge in [-0.05, 0) is 51.4 Å². The standard InChI is InChI=1S/C39H71NO12S/c1-3-5-7-9-11-12-13-14-15-16-17-18-19-20-22-24-26-28-33(43)38(46)40-31(32(42)27-25-23-21-10-8-6-4-2)30-50-39-36(45)37(52-53(47,48)49)35(44)34(29-41)51-39/h8,10,17-18,25,27,31-37,39,41-45H,3-7,9,11-16,19-24,26,28-30H2,1-2H3,(H,40,46)(H,47,48,49)/b10-8+,18-17-,27-25+. The first-order valence-electron chi connectivity index (χ1n) is 20.0. The number of carbonyl (C=O) groups is 1. The summed E-state index contributed by atoms with van der Waals surface area (Å²) in [5.41, 5.74) is 0. The van der Waals surface area contributed by atoms with Gasteiger partial charge in [-0.3, -0.25) is 9.35 Å². The Morgan fingerprint density at radius 3 is 1.89 bits per heavy atom. The van der Waals surface area contributed by atoms with E-state index in [2.05, 4.69) is 41.6 Å². The highest BCUT2D eigenvalue weighted by Crippen LogP contribution is 2.26. The van der Waals surface area contributed by atoms with Crippen LogP contribution in [0.25, 0.3) is 0 Å². The van der Waals surface area contributed by atoms with Crippen LogP contribution in [0.4, 0.5) is 0 Å². The number of nitrogens with one attached hydrogen (secondary N) is 1. The van der Waals surface area contributed by atoms with Crippen molar-refractivity contribution in [1.29, 1.82) is 0 Å². The van der Waals surface area contributed by atoms with E-state index in [0.29, 0.717) is 12.8 Å². The van der Waals surface area contributed by atoms with Gasteiger partial charge in [0.15, 0.2) is 6.29 Å². The van der Waals surface area contributed by atoms with Crippen LogP contribution in [0.5, 0.6) is 0 Å². The van der Waals surface area contributed by atoms with Crippen molar-refractivity contribution in [2.45, 2.75) is 191 Å². The molecule has 0 aromatic rings. The summed E-state index contributed by atoms with van der Waals surface area (Å²) in [6, 6.07) is -1.14. The molecule has 1 fully saturated rings. The number of ether oxygens (including phenoxy) is 2. The molecule has 1 saturated heterocycles. The van der Waals surface area contributed by atoms with Crippen LogP contribution in [0.15, 0.2) is 36.5 Å². The minimum absolute atomic E-state index is 0.221. The summed E-state index contributed by atoms with van der Waals surface area (Å²) in [5.74, 6) is -0.727. The minimum Gasteiger partial charge on any atom is -0.394 e. The van der Waals surface area contributed by atoms with Crippen LogP contribution in [0.1, 0.15) is 142 Å². The van der Waals surface area contributed by atoms with E-state index in [1.807, 2.05) is 6.08 Å². The number of aliphatic hydroxyl groups is 5. The van der Waals surface area contributed by atoms with Crippen LogP contribution in [-0.4, -0.2) is 107 Å². The third-order valence-electron chi connectivity index (χ3n) is 9.23. The number of allylic oxidation sites excluding steroid dienone is 5. The Morgan fingerprint density at radius 2 is 1.30 bits per heavy atom. The predicted octanol–water partition coefficient (Wildman–Crippen LogP) is 5.35. The Kier molecular flexibility index (Phi) is 28.4. The topological polar surface area (TPSA) is 212 Å². The summed E-state index contributed by atoms with van der Waals surface area (Å²) < 4.78 is 47.1. The number of hydrogen-bond acceptors (Lipinski definition) is 11. The highest BCUT2D eigenvalue weighted by Gasteiger charge is 2.48. The van der Waals surface area contributed by atoms with Crippen molar-refractivity contribution in [2.24, 2.45) is 0 Å². The third-order valence-corrected chi connectivity index (χ3v) is 9.70. The van der Waals surface area contributed by atoms with Gasteiger partial charge in [0.25, 0.3) is 0 Å². The smallest absolute Gasteiger partial charge is 0.394 e. The fourth-order valence-electron chi connectivity index (χ4n) is 6.01. The first kappa shape index (κ1) is 49.3. The van der Waals surface area contributed by atoms with Gasteiger partial charge in [0, 0.05) is 0 Å². The number of hydrogen-bond donors (Lipinski definition) is 7. The Bertz CT molecular complexity index is 1120. The van der Waals surface area contributed by atoms with Crippen LogP contribution in [0.3, 0.4) is 0 Å². The van der Waals surface area contributed by atoms with Crippen molar-refractivity contribution >= 4 is 16.3 Å². The molecule has 1 aliphatic heterocycles. The van der Waals surface area contributed by atoms with E-state index in [-0.39, 0.29) is 6.42 Å². The molecule has 14 heteroatoms. The van der Waals surface area contributed by atoms with Gasteiger partial charge >= 0.3 is 10.4 Å². The molecule has 8 atom stereocenters. The van der Waals surface area contributed by atoms with E-state index in [0.717, 1.165) is 51.4 Å². The Balaban J connectivity index is 2.59. The van der Waals surface area contributed by atoms with Crippen molar-refractivity contribution in [3.8, 4) is 0 Å². The molecule has 1 amide bonds. The quantitative estimate of drug-likeness (QED) is 0.0262. The molecule has 0 radical (unpaired) electrons. The van der Waals surface area contributed by atoms with Gasteiger partial charge in [-0.1, -0.05) is 127 Å². The van der Waals surface area contributed by atoms with Crippen molar-refractivity contribution in [3.05, 3.63) is 36.5 Å². The summed E-state index contributed by atoms with van der Waals surface area (Å²) in [7, 11) is -5.11. The molecule has 1 heterocycles. The first-order valence-corrected chi connectivity index (χ1v) is 21.3. The Labute approximate surface area is 318 Å². The fourth-order valence-corrected chi connectivity index (χ4v) is 6.51. The molecule has 1 aliphatic rings. The normalized spacial score (nSPS) is 22.9. The molecule has 53 heavy (non-hydrogen) atoms. The average Bonchev–Trinajstić information content (AvgIpc) is 3.12. The fraction of sp³-hybridized carbons (Fsp3) is 0.821. The maximum absolute atomic E-state index is 13.0. The number of amides is 1. The Morgan fingerprint density at radius 1 is 0.755 bits per heavy atom. The summed E-state index contributed by atoms with van der Waals surface area (Å²) in [6.45, 7) is 3.03. The van der Waals surface area contributed by atoms with Crippen molar-refractivity contribution in [3.63, 3.8) is 0 Å². The monoisotopic (exact) mass is 777 g/mol.